The summed E-state index contributed by atoms with van der Waals surface area (Å²) in [5.41, 5.74) is 5.38. The van der Waals surface area contributed by atoms with Crippen molar-refractivity contribution in [1.29, 1.82) is 0 Å². The van der Waals surface area contributed by atoms with E-state index in [0.717, 1.165) is 116 Å². The SMILES string of the molecule is CC/C=C\C/C=C\C/C=C\C/C=C\C/C=C\CCCCCCCCCCCCCCCCCC(=O)OC(COC(=O)CCCCCCCC/C=C\C/C=C\C/C=C\C/C=C\CC)COP(=O)(O)OCCN. The maximum atomic E-state index is 12.7. The topological polar surface area (TPSA) is 134 Å². The van der Waals surface area contributed by atoms with Gasteiger partial charge in [0, 0.05) is 19.4 Å². The summed E-state index contributed by atoms with van der Waals surface area (Å²) < 4.78 is 33.0. The van der Waals surface area contributed by atoms with Gasteiger partial charge in [-0.05, 0) is 96.3 Å². The second kappa shape index (κ2) is 56.0. The maximum absolute atomic E-state index is 12.7. The predicted octanol–water partition coefficient (Wildman–Crippen LogP) is 17.8. The molecule has 9 nitrogen and oxygen atoms in total. The molecular weight excluding hydrogens is 906 g/mol. The first-order valence-corrected chi connectivity index (χ1v) is 29.9. The van der Waals surface area contributed by atoms with E-state index in [9.17, 15) is 19.0 Å². The summed E-state index contributed by atoms with van der Waals surface area (Å²) in [5, 5.41) is 0. The number of allylic oxidation sites excluding steroid dienone is 18. The molecule has 0 aromatic carbocycles. The highest BCUT2D eigenvalue weighted by Crippen LogP contribution is 2.43. The van der Waals surface area contributed by atoms with Crippen LogP contribution in [-0.4, -0.2) is 49.3 Å². The number of phosphoric acid groups is 1. The number of rotatable bonds is 52. The molecule has 3 N–H and O–H groups in total. The van der Waals surface area contributed by atoms with Crippen molar-refractivity contribution in [3.63, 3.8) is 0 Å². The molecule has 406 valence electrons. The lowest BCUT2D eigenvalue weighted by Crippen LogP contribution is -2.29. The van der Waals surface area contributed by atoms with E-state index in [2.05, 4.69) is 123 Å². The third kappa shape index (κ3) is 55.8. The van der Waals surface area contributed by atoms with E-state index >= 15 is 0 Å². The van der Waals surface area contributed by atoms with Gasteiger partial charge in [-0.25, -0.2) is 4.57 Å². The van der Waals surface area contributed by atoms with Gasteiger partial charge in [0.2, 0.25) is 0 Å². The molecule has 0 fully saturated rings. The summed E-state index contributed by atoms with van der Waals surface area (Å²) in [6.45, 7) is 3.50. The highest BCUT2D eigenvalue weighted by molar-refractivity contribution is 7.47. The number of ether oxygens (including phenoxy) is 2. The Morgan fingerprint density at radius 1 is 0.423 bits per heavy atom. The molecule has 0 heterocycles. The zero-order chi connectivity index (χ0) is 51.7. The average Bonchev–Trinajstić information content (AvgIpc) is 3.36. The second-order valence-corrected chi connectivity index (χ2v) is 19.8. The smallest absolute Gasteiger partial charge is 0.462 e. The van der Waals surface area contributed by atoms with Crippen LogP contribution in [0.5, 0.6) is 0 Å². The van der Waals surface area contributed by atoms with Gasteiger partial charge < -0.3 is 20.1 Å². The number of unbranched alkanes of at least 4 members (excludes halogenated alkanes) is 21. The van der Waals surface area contributed by atoms with Crippen molar-refractivity contribution in [3.8, 4) is 0 Å². The van der Waals surface area contributed by atoms with E-state index in [0.29, 0.717) is 12.8 Å². The number of nitrogens with two attached hydrogens (primary N) is 1. The Morgan fingerprint density at radius 2 is 0.732 bits per heavy atom. The van der Waals surface area contributed by atoms with Crippen molar-refractivity contribution in [2.45, 2.75) is 238 Å². The molecule has 0 aliphatic carbocycles. The van der Waals surface area contributed by atoms with E-state index in [4.69, 9.17) is 24.3 Å². The molecule has 10 heteroatoms. The van der Waals surface area contributed by atoms with Crippen LogP contribution in [0.15, 0.2) is 109 Å². The second-order valence-electron chi connectivity index (χ2n) is 18.4. The molecule has 0 saturated heterocycles. The fourth-order valence-corrected chi connectivity index (χ4v) is 8.30. The zero-order valence-electron chi connectivity index (χ0n) is 45.2. The van der Waals surface area contributed by atoms with Crippen LogP contribution < -0.4 is 5.73 Å². The van der Waals surface area contributed by atoms with Gasteiger partial charge in [0.05, 0.1) is 13.2 Å². The number of phosphoric ester groups is 1. The third-order valence-electron chi connectivity index (χ3n) is 11.7. The molecule has 0 aliphatic heterocycles. The number of carbonyl (C=O) groups excluding carboxylic acids is 2. The Kier molecular flexibility index (Phi) is 53.3. The first kappa shape index (κ1) is 67.7. The van der Waals surface area contributed by atoms with Crippen molar-refractivity contribution < 1.29 is 37.6 Å². The number of carbonyl (C=O) groups is 2. The lowest BCUT2D eigenvalue weighted by Gasteiger charge is -2.19. The molecule has 2 unspecified atom stereocenters. The van der Waals surface area contributed by atoms with Gasteiger partial charge in [0.15, 0.2) is 6.10 Å². The van der Waals surface area contributed by atoms with Crippen molar-refractivity contribution in [1.82, 2.24) is 0 Å². The van der Waals surface area contributed by atoms with Gasteiger partial charge in [-0.15, -0.1) is 0 Å². The Morgan fingerprint density at radius 3 is 1.08 bits per heavy atom. The van der Waals surface area contributed by atoms with Crippen LogP contribution in [0.1, 0.15) is 232 Å². The molecule has 0 amide bonds. The molecule has 0 spiro atoms. The fraction of sp³-hybridized carbons (Fsp3) is 0.672. The third-order valence-corrected chi connectivity index (χ3v) is 12.6. The van der Waals surface area contributed by atoms with E-state index in [1.807, 2.05) is 0 Å². The monoisotopic (exact) mass is 1010 g/mol. The molecule has 2 atom stereocenters. The fourth-order valence-electron chi connectivity index (χ4n) is 7.54. The summed E-state index contributed by atoms with van der Waals surface area (Å²) in [5.74, 6) is -0.847. The van der Waals surface area contributed by atoms with Crippen molar-refractivity contribution in [3.05, 3.63) is 109 Å². The summed E-state index contributed by atoms with van der Waals surface area (Å²) in [7, 11) is -4.40. The Balaban J connectivity index is 3.98. The normalized spacial score (nSPS) is 13.9. The van der Waals surface area contributed by atoms with Gasteiger partial charge >= 0.3 is 19.8 Å². The summed E-state index contributed by atoms with van der Waals surface area (Å²) in [6, 6.07) is 0. The molecule has 0 bridgehead atoms. The minimum Gasteiger partial charge on any atom is -0.462 e. The molecular formula is C61H104NO8P. The Labute approximate surface area is 435 Å². The quantitative estimate of drug-likeness (QED) is 0.0264. The van der Waals surface area contributed by atoms with Crippen LogP contribution in [-0.2, 0) is 32.7 Å². The van der Waals surface area contributed by atoms with E-state index in [1.165, 1.54) is 77.0 Å². The number of hydrogen-bond donors (Lipinski definition) is 2. The van der Waals surface area contributed by atoms with Crippen LogP contribution in [0.25, 0.3) is 0 Å². The molecule has 0 rings (SSSR count). The van der Waals surface area contributed by atoms with Crippen molar-refractivity contribution >= 4 is 19.8 Å². The minimum atomic E-state index is -4.40. The van der Waals surface area contributed by atoms with Gasteiger partial charge in [-0.3, -0.25) is 18.6 Å². The van der Waals surface area contributed by atoms with Crippen LogP contribution in [0.4, 0.5) is 0 Å². The van der Waals surface area contributed by atoms with Crippen LogP contribution in [0, 0.1) is 0 Å². The molecule has 0 aliphatic rings. The van der Waals surface area contributed by atoms with E-state index in [1.54, 1.807) is 0 Å². The van der Waals surface area contributed by atoms with E-state index < -0.39 is 32.5 Å². The Bertz CT molecular complexity index is 1530. The highest BCUT2D eigenvalue weighted by Gasteiger charge is 2.26. The average molecular weight is 1010 g/mol. The Hall–Kier alpha value is -3.33. The highest BCUT2D eigenvalue weighted by atomic mass is 31.2. The first-order chi connectivity index (χ1) is 34.8. The first-order valence-electron chi connectivity index (χ1n) is 28.4. The standard InChI is InChI=1S/C61H104NO8P/c1-3-5-7-9-11-13-15-17-19-21-23-24-25-26-27-28-29-30-31-32-33-34-36-38-40-42-44-46-48-50-52-54-61(64)70-59(58-69-71(65,66)68-56-55-62)57-67-60(63)53-51-49-47-45-43-41-39-37-35-22-20-18-16-14-12-10-8-6-4-2/h5-8,11-14,17-20,23-24,26-27,35,37,59H,3-4,9-10,15-16,21-22,25,28-34,36,38-58,62H2,1-2H3,(H,65,66)/b7-5-,8-6-,13-11-,14-12-,19-17-,20-18-,24-23-,27-26-,37-35-. The molecule has 0 aromatic heterocycles. The van der Waals surface area contributed by atoms with Crippen molar-refractivity contribution in [2.24, 2.45) is 5.73 Å². The van der Waals surface area contributed by atoms with E-state index in [-0.39, 0.29) is 32.6 Å². The molecule has 0 aromatic rings. The van der Waals surface area contributed by atoms with Gasteiger partial charge in [-0.1, -0.05) is 232 Å². The van der Waals surface area contributed by atoms with Gasteiger partial charge in [-0.2, -0.15) is 0 Å². The zero-order valence-corrected chi connectivity index (χ0v) is 46.1. The van der Waals surface area contributed by atoms with Crippen molar-refractivity contribution in [2.75, 3.05) is 26.4 Å². The molecule has 71 heavy (non-hydrogen) atoms. The lowest BCUT2D eigenvalue weighted by atomic mass is 10.0. The molecule has 0 radical (unpaired) electrons. The largest absolute Gasteiger partial charge is 0.472 e. The van der Waals surface area contributed by atoms with Gasteiger partial charge in [0.1, 0.15) is 6.61 Å². The van der Waals surface area contributed by atoms with Crippen LogP contribution in [0.3, 0.4) is 0 Å². The summed E-state index contributed by atoms with van der Waals surface area (Å²) in [4.78, 5) is 35.2. The molecule has 0 saturated carbocycles. The minimum absolute atomic E-state index is 0.0466. The maximum Gasteiger partial charge on any atom is 0.472 e. The summed E-state index contributed by atoms with van der Waals surface area (Å²) in [6.07, 6.45) is 75.7. The number of hydrogen-bond acceptors (Lipinski definition) is 8. The number of esters is 2. The van der Waals surface area contributed by atoms with Gasteiger partial charge in [0.25, 0.3) is 0 Å². The predicted molar refractivity (Wildman–Crippen MR) is 302 cm³/mol. The lowest BCUT2D eigenvalue weighted by molar-refractivity contribution is -0.161. The van der Waals surface area contributed by atoms with Crippen LogP contribution >= 0.6 is 7.82 Å². The van der Waals surface area contributed by atoms with Crippen LogP contribution in [0.2, 0.25) is 0 Å². The summed E-state index contributed by atoms with van der Waals surface area (Å²) >= 11 is 0.